The average Bonchev–Trinajstić information content (AvgIpc) is 3.00. The van der Waals surface area contributed by atoms with Crippen LogP contribution in [0.1, 0.15) is 5.69 Å². The standard InChI is InChI=1S/C17H18N4O/c1-22-16-6-4-15(5-7-16)21-17(11-14(20-21)8-9-18)13-3-2-10-19-12-13/h2-7,10-12H,8-9,18H2,1H3. The van der Waals surface area contributed by atoms with Crippen LogP contribution < -0.4 is 10.5 Å². The highest BCUT2D eigenvalue weighted by Crippen LogP contribution is 2.24. The number of methoxy groups -OCH3 is 1. The Bertz CT molecular complexity index is 735. The molecule has 0 unspecified atom stereocenters. The molecule has 5 nitrogen and oxygen atoms in total. The topological polar surface area (TPSA) is 66.0 Å². The second kappa shape index (κ2) is 6.41. The zero-order valence-electron chi connectivity index (χ0n) is 12.4. The molecule has 112 valence electrons. The van der Waals surface area contributed by atoms with Crippen molar-refractivity contribution >= 4 is 0 Å². The van der Waals surface area contributed by atoms with E-state index in [9.17, 15) is 0 Å². The second-order valence-electron chi connectivity index (χ2n) is 4.91. The van der Waals surface area contributed by atoms with Crippen molar-refractivity contribution in [2.75, 3.05) is 13.7 Å². The molecule has 3 rings (SSSR count). The number of pyridine rings is 1. The van der Waals surface area contributed by atoms with Crippen LogP contribution in [0.5, 0.6) is 5.75 Å². The lowest BCUT2D eigenvalue weighted by molar-refractivity contribution is 0.414. The van der Waals surface area contributed by atoms with Gasteiger partial charge >= 0.3 is 0 Å². The van der Waals surface area contributed by atoms with Gasteiger partial charge in [0.05, 0.1) is 24.2 Å². The summed E-state index contributed by atoms with van der Waals surface area (Å²) >= 11 is 0. The molecule has 0 atom stereocenters. The van der Waals surface area contributed by atoms with Crippen molar-refractivity contribution < 1.29 is 4.74 Å². The lowest BCUT2D eigenvalue weighted by Gasteiger charge is -2.08. The highest BCUT2D eigenvalue weighted by atomic mass is 16.5. The summed E-state index contributed by atoms with van der Waals surface area (Å²) in [5.74, 6) is 0.820. The first-order chi connectivity index (χ1) is 10.8. The van der Waals surface area contributed by atoms with E-state index in [2.05, 4.69) is 16.1 Å². The minimum atomic E-state index is 0.576. The predicted molar refractivity (Wildman–Crippen MR) is 86.1 cm³/mol. The minimum Gasteiger partial charge on any atom is -0.497 e. The molecule has 0 saturated carbocycles. The third kappa shape index (κ3) is 2.84. The van der Waals surface area contributed by atoms with Gasteiger partial charge in [-0.05, 0) is 49.0 Å². The van der Waals surface area contributed by atoms with E-state index >= 15 is 0 Å². The number of nitrogens with zero attached hydrogens (tertiary/aromatic N) is 3. The van der Waals surface area contributed by atoms with E-state index in [1.165, 1.54) is 0 Å². The molecule has 2 N–H and O–H groups in total. The maximum atomic E-state index is 5.66. The van der Waals surface area contributed by atoms with Gasteiger partial charge in [-0.1, -0.05) is 0 Å². The van der Waals surface area contributed by atoms with E-state index in [0.717, 1.165) is 34.8 Å². The Balaban J connectivity index is 2.08. The lowest BCUT2D eigenvalue weighted by Crippen LogP contribution is -2.04. The van der Waals surface area contributed by atoms with Crippen LogP contribution in [0.4, 0.5) is 0 Å². The van der Waals surface area contributed by atoms with E-state index in [0.29, 0.717) is 6.54 Å². The fraction of sp³-hybridized carbons (Fsp3) is 0.176. The molecule has 0 bridgehead atoms. The van der Waals surface area contributed by atoms with Crippen molar-refractivity contribution in [3.63, 3.8) is 0 Å². The fourth-order valence-electron chi connectivity index (χ4n) is 2.34. The van der Waals surface area contributed by atoms with Gasteiger partial charge in [0, 0.05) is 24.4 Å². The average molecular weight is 294 g/mol. The largest absolute Gasteiger partial charge is 0.497 e. The summed E-state index contributed by atoms with van der Waals surface area (Å²) < 4.78 is 7.13. The van der Waals surface area contributed by atoms with Gasteiger partial charge in [-0.15, -0.1) is 0 Å². The Labute approximate surface area is 129 Å². The first kappa shape index (κ1) is 14.3. The number of ether oxygens (including phenoxy) is 1. The summed E-state index contributed by atoms with van der Waals surface area (Å²) in [4.78, 5) is 4.19. The maximum Gasteiger partial charge on any atom is 0.119 e. The molecular weight excluding hydrogens is 276 g/mol. The Morgan fingerprint density at radius 3 is 2.64 bits per heavy atom. The van der Waals surface area contributed by atoms with Crippen LogP contribution in [0, 0.1) is 0 Å². The molecule has 22 heavy (non-hydrogen) atoms. The molecule has 2 aromatic heterocycles. The third-order valence-electron chi connectivity index (χ3n) is 3.43. The number of benzene rings is 1. The minimum absolute atomic E-state index is 0.576. The monoisotopic (exact) mass is 294 g/mol. The first-order valence-corrected chi connectivity index (χ1v) is 7.15. The maximum absolute atomic E-state index is 5.66. The number of hydrogen-bond donors (Lipinski definition) is 1. The van der Waals surface area contributed by atoms with Crippen molar-refractivity contribution in [1.82, 2.24) is 14.8 Å². The first-order valence-electron chi connectivity index (χ1n) is 7.15. The summed E-state index contributed by atoms with van der Waals surface area (Å²) in [5.41, 5.74) is 9.63. The van der Waals surface area contributed by atoms with E-state index in [1.807, 2.05) is 47.3 Å². The van der Waals surface area contributed by atoms with Crippen LogP contribution in [-0.4, -0.2) is 28.4 Å². The fourth-order valence-corrected chi connectivity index (χ4v) is 2.34. The summed E-state index contributed by atoms with van der Waals surface area (Å²) in [6.07, 6.45) is 4.35. The number of rotatable bonds is 5. The van der Waals surface area contributed by atoms with Crippen LogP contribution in [0.15, 0.2) is 54.9 Å². The zero-order valence-corrected chi connectivity index (χ0v) is 12.4. The number of hydrogen-bond acceptors (Lipinski definition) is 4. The second-order valence-corrected chi connectivity index (χ2v) is 4.91. The molecule has 0 amide bonds. The highest BCUT2D eigenvalue weighted by Gasteiger charge is 2.11. The predicted octanol–water partition coefficient (Wildman–Crippen LogP) is 2.44. The van der Waals surface area contributed by atoms with Gasteiger partial charge < -0.3 is 10.5 Å². The summed E-state index contributed by atoms with van der Waals surface area (Å²) in [6, 6.07) is 13.8. The molecule has 2 heterocycles. The van der Waals surface area contributed by atoms with Crippen molar-refractivity contribution in [1.29, 1.82) is 0 Å². The third-order valence-corrected chi connectivity index (χ3v) is 3.43. The van der Waals surface area contributed by atoms with Gasteiger partial charge in [0.15, 0.2) is 0 Å². The lowest BCUT2D eigenvalue weighted by atomic mass is 10.2. The van der Waals surface area contributed by atoms with Crippen molar-refractivity contribution in [2.24, 2.45) is 5.73 Å². The molecule has 0 saturated heterocycles. The van der Waals surface area contributed by atoms with Crippen molar-refractivity contribution in [3.05, 3.63) is 60.6 Å². The van der Waals surface area contributed by atoms with Gasteiger partial charge in [0.1, 0.15) is 5.75 Å². The molecule has 0 aliphatic rings. The van der Waals surface area contributed by atoms with Crippen LogP contribution in [0.3, 0.4) is 0 Å². The van der Waals surface area contributed by atoms with Gasteiger partial charge in [-0.3, -0.25) is 4.98 Å². The molecule has 0 spiro atoms. The molecule has 0 aliphatic heterocycles. The Morgan fingerprint density at radius 1 is 1.18 bits per heavy atom. The normalized spacial score (nSPS) is 10.6. The van der Waals surface area contributed by atoms with Crippen molar-refractivity contribution in [2.45, 2.75) is 6.42 Å². The molecule has 0 radical (unpaired) electrons. The molecular formula is C17H18N4O. The Hall–Kier alpha value is -2.66. The molecule has 0 fully saturated rings. The van der Waals surface area contributed by atoms with Crippen LogP contribution in [-0.2, 0) is 6.42 Å². The molecule has 3 aromatic rings. The Kier molecular flexibility index (Phi) is 4.16. The van der Waals surface area contributed by atoms with Gasteiger partial charge in [-0.25, -0.2) is 4.68 Å². The summed E-state index contributed by atoms with van der Waals surface area (Å²) in [6.45, 7) is 0.576. The van der Waals surface area contributed by atoms with Crippen LogP contribution in [0.2, 0.25) is 0 Å². The van der Waals surface area contributed by atoms with Gasteiger partial charge in [0.2, 0.25) is 0 Å². The smallest absolute Gasteiger partial charge is 0.119 e. The molecule has 5 heteroatoms. The van der Waals surface area contributed by atoms with Gasteiger partial charge in [0.25, 0.3) is 0 Å². The number of nitrogens with two attached hydrogens (primary N) is 1. The number of aromatic nitrogens is 3. The zero-order chi connectivity index (χ0) is 15.4. The SMILES string of the molecule is COc1ccc(-n2nc(CCN)cc2-c2cccnc2)cc1. The summed E-state index contributed by atoms with van der Waals surface area (Å²) in [7, 11) is 1.66. The van der Waals surface area contributed by atoms with Crippen LogP contribution >= 0.6 is 0 Å². The van der Waals surface area contributed by atoms with Crippen molar-refractivity contribution in [3.8, 4) is 22.7 Å². The quantitative estimate of drug-likeness (QED) is 0.785. The van der Waals surface area contributed by atoms with E-state index in [4.69, 9.17) is 10.5 Å². The molecule has 0 aliphatic carbocycles. The highest BCUT2D eigenvalue weighted by molar-refractivity contribution is 5.61. The van der Waals surface area contributed by atoms with E-state index < -0.39 is 0 Å². The Morgan fingerprint density at radius 2 is 2.00 bits per heavy atom. The van der Waals surface area contributed by atoms with Gasteiger partial charge in [-0.2, -0.15) is 5.10 Å². The van der Waals surface area contributed by atoms with E-state index in [-0.39, 0.29) is 0 Å². The summed E-state index contributed by atoms with van der Waals surface area (Å²) in [5, 5.41) is 4.67. The van der Waals surface area contributed by atoms with Crippen LogP contribution in [0.25, 0.3) is 16.9 Å². The van der Waals surface area contributed by atoms with E-state index in [1.54, 1.807) is 13.3 Å². The molecule has 1 aromatic carbocycles.